The summed E-state index contributed by atoms with van der Waals surface area (Å²) in [5.41, 5.74) is 14.8. The fourth-order valence-corrected chi connectivity index (χ4v) is 4.14. The van der Waals surface area contributed by atoms with E-state index in [1.54, 1.807) is 30.3 Å². The van der Waals surface area contributed by atoms with Gasteiger partial charge in [-0.3, -0.25) is 25.9 Å². The van der Waals surface area contributed by atoms with Crippen molar-refractivity contribution in [3.63, 3.8) is 0 Å². The molecule has 2 aromatic heterocycles. The third-order valence-electron chi connectivity index (χ3n) is 5.97. The predicted octanol–water partition coefficient (Wildman–Crippen LogP) is 5.62. The van der Waals surface area contributed by atoms with Crippen molar-refractivity contribution in [3.05, 3.63) is 112 Å². The van der Waals surface area contributed by atoms with E-state index in [9.17, 15) is 9.59 Å². The minimum absolute atomic E-state index is 0.200. The SMILES string of the molecule is Cc1c(C(=O)NN/C=C(\NNC(=O)c2oc3ccccc3c2C)c2ccc(Cl)cc2)oc2ccccc12. The van der Waals surface area contributed by atoms with Crippen LogP contribution in [0.3, 0.4) is 0 Å². The molecule has 0 atom stereocenters. The highest BCUT2D eigenvalue weighted by molar-refractivity contribution is 6.30. The molecule has 4 N–H and O–H groups in total. The van der Waals surface area contributed by atoms with Crippen LogP contribution in [0.5, 0.6) is 0 Å². The average Bonchev–Trinajstić information content (AvgIpc) is 3.43. The fourth-order valence-electron chi connectivity index (χ4n) is 4.01. The van der Waals surface area contributed by atoms with Crippen molar-refractivity contribution in [2.24, 2.45) is 0 Å². The second kappa shape index (κ2) is 10.1. The van der Waals surface area contributed by atoms with Crippen LogP contribution in [0.4, 0.5) is 0 Å². The van der Waals surface area contributed by atoms with Gasteiger partial charge in [-0.05, 0) is 38.1 Å². The Bertz CT molecular complexity index is 1650. The molecule has 0 radical (unpaired) electrons. The van der Waals surface area contributed by atoms with Gasteiger partial charge in [-0.1, -0.05) is 60.1 Å². The number of halogens is 1. The van der Waals surface area contributed by atoms with Gasteiger partial charge in [-0.15, -0.1) is 0 Å². The summed E-state index contributed by atoms with van der Waals surface area (Å²) in [4.78, 5) is 25.7. The molecule has 0 fully saturated rings. The summed E-state index contributed by atoms with van der Waals surface area (Å²) in [6, 6.07) is 21.8. The Hall–Kier alpha value is -4.69. The van der Waals surface area contributed by atoms with E-state index < -0.39 is 11.8 Å². The Morgan fingerprint density at radius 2 is 1.22 bits per heavy atom. The van der Waals surface area contributed by atoms with E-state index in [0.29, 0.717) is 27.4 Å². The molecule has 5 aromatic rings. The molecule has 5 rings (SSSR count). The minimum atomic E-state index is -0.449. The molecule has 2 amide bonds. The minimum Gasteiger partial charge on any atom is -0.451 e. The summed E-state index contributed by atoms with van der Waals surface area (Å²) in [6.07, 6.45) is 1.50. The third-order valence-corrected chi connectivity index (χ3v) is 6.22. The Kier molecular flexibility index (Phi) is 6.57. The number of hydrogen-bond acceptors (Lipinski definition) is 6. The summed E-state index contributed by atoms with van der Waals surface area (Å²) in [7, 11) is 0. The number of hydrazine groups is 2. The maximum absolute atomic E-state index is 12.9. The number of furan rings is 2. The lowest BCUT2D eigenvalue weighted by Gasteiger charge is -2.13. The summed E-state index contributed by atoms with van der Waals surface area (Å²) < 4.78 is 11.4. The van der Waals surface area contributed by atoms with E-state index in [0.717, 1.165) is 21.9 Å². The molecule has 0 saturated carbocycles. The van der Waals surface area contributed by atoms with Crippen molar-refractivity contribution in [1.29, 1.82) is 0 Å². The molecule has 8 nitrogen and oxygen atoms in total. The smallest absolute Gasteiger partial charge is 0.305 e. The Balaban J connectivity index is 1.32. The van der Waals surface area contributed by atoms with E-state index in [-0.39, 0.29) is 11.5 Å². The second-order valence-electron chi connectivity index (χ2n) is 8.35. The van der Waals surface area contributed by atoms with E-state index >= 15 is 0 Å². The van der Waals surface area contributed by atoms with Gasteiger partial charge in [0.05, 0.1) is 5.70 Å². The monoisotopic (exact) mass is 514 g/mol. The van der Waals surface area contributed by atoms with Gasteiger partial charge in [0.1, 0.15) is 11.2 Å². The average molecular weight is 515 g/mol. The van der Waals surface area contributed by atoms with Crippen LogP contribution in [0, 0.1) is 13.8 Å². The number of carbonyl (C=O) groups excluding carboxylic acids is 2. The van der Waals surface area contributed by atoms with Crippen LogP contribution in [0.2, 0.25) is 5.02 Å². The van der Waals surface area contributed by atoms with Crippen LogP contribution in [0.25, 0.3) is 27.6 Å². The van der Waals surface area contributed by atoms with Gasteiger partial charge < -0.3 is 14.3 Å². The normalized spacial score (nSPS) is 11.5. The fraction of sp³-hybridized carbons (Fsp3) is 0.0714. The Labute approximate surface area is 217 Å². The number of amides is 2. The number of hydrogen-bond donors (Lipinski definition) is 4. The van der Waals surface area contributed by atoms with Gasteiger partial charge in [0.25, 0.3) is 0 Å². The molecule has 0 spiro atoms. The molecule has 0 aliphatic heterocycles. The molecule has 3 aromatic carbocycles. The Morgan fingerprint density at radius 3 is 1.76 bits per heavy atom. The molecule has 37 heavy (non-hydrogen) atoms. The highest BCUT2D eigenvalue weighted by atomic mass is 35.5. The molecule has 0 aliphatic carbocycles. The van der Waals surface area contributed by atoms with Crippen LogP contribution in [0.1, 0.15) is 37.8 Å². The van der Waals surface area contributed by atoms with Gasteiger partial charge in [0.2, 0.25) is 0 Å². The Morgan fingerprint density at radius 1 is 0.703 bits per heavy atom. The second-order valence-corrected chi connectivity index (χ2v) is 8.78. The van der Waals surface area contributed by atoms with Gasteiger partial charge in [0.15, 0.2) is 11.5 Å². The van der Waals surface area contributed by atoms with Crippen molar-refractivity contribution in [2.45, 2.75) is 13.8 Å². The van der Waals surface area contributed by atoms with E-state index in [1.807, 2.05) is 56.3 Å². The van der Waals surface area contributed by atoms with E-state index in [1.165, 1.54) is 6.20 Å². The number of aryl methyl sites for hydroxylation is 2. The van der Waals surface area contributed by atoms with Crippen molar-refractivity contribution in [1.82, 2.24) is 21.7 Å². The number of benzene rings is 3. The third kappa shape index (κ3) is 4.87. The number of rotatable bonds is 7. The molecule has 9 heteroatoms. The lowest BCUT2D eigenvalue weighted by molar-refractivity contribution is 0.0905. The van der Waals surface area contributed by atoms with E-state index in [4.69, 9.17) is 20.4 Å². The maximum Gasteiger partial charge on any atom is 0.305 e. The van der Waals surface area contributed by atoms with Crippen molar-refractivity contribution >= 4 is 51.1 Å². The number of fused-ring (bicyclic) bond motifs is 2. The van der Waals surface area contributed by atoms with Crippen LogP contribution in [0.15, 0.2) is 87.8 Å². The maximum atomic E-state index is 12.9. The molecule has 186 valence electrons. The largest absolute Gasteiger partial charge is 0.451 e. The molecule has 0 bridgehead atoms. The topological polar surface area (TPSA) is 109 Å². The van der Waals surface area contributed by atoms with Gasteiger partial charge in [0, 0.05) is 38.7 Å². The molecule has 0 saturated heterocycles. The van der Waals surface area contributed by atoms with Crippen LogP contribution < -0.4 is 21.7 Å². The van der Waals surface area contributed by atoms with Gasteiger partial charge in [-0.25, -0.2) is 0 Å². The number of para-hydroxylation sites is 2. The van der Waals surface area contributed by atoms with Crippen molar-refractivity contribution in [3.8, 4) is 0 Å². The van der Waals surface area contributed by atoms with Gasteiger partial charge in [-0.2, -0.15) is 0 Å². The van der Waals surface area contributed by atoms with Crippen molar-refractivity contribution < 1.29 is 18.4 Å². The highest BCUT2D eigenvalue weighted by Gasteiger charge is 2.19. The molecular formula is C28H23ClN4O4. The van der Waals surface area contributed by atoms with Crippen LogP contribution in [-0.4, -0.2) is 11.8 Å². The van der Waals surface area contributed by atoms with E-state index in [2.05, 4.69) is 21.7 Å². The lowest BCUT2D eigenvalue weighted by atomic mass is 10.1. The van der Waals surface area contributed by atoms with Crippen LogP contribution in [-0.2, 0) is 0 Å². The highest BCUT2D eigenvalue weighted by Crippen LogP contribution is 2.26. The summed E-state index contributed by atoms with van der Waals surface area (Å²) in [5, 5.41) is 2.30. The van der Waals surface area contributed by atoms with Gasteiger partial charge >= 0.3 is 11.8 Å². The molecule has 0 aliphatic rings. The zero-order chi connectivity index (χ0) is 25.9. The number of nitrogens with one attached hydrogen (secondary N) is 4. The standard InChI is InChI=1S/C28H23ClN4O4/c1-16-20-7-3-5-9-23(20)36-25(16)27(34)32-30-15-22(18-11-13-19(29)14-12-18)31-33-28(35)26-17(2)21-8-4-6-10-24(21)37-26/h3-15,30-31H,1-2H3,(H,32,34)(H,33,35)/b22-15-. The first-order valence-corrected chi connectivity index (χ1v) is 11.8. The first-order valence-electron chi connectivity index (χ1n) is 11.5. The quantitative estimate of drug-likeness (QED) is 0.210. The number of carbonyl (C=O) groups is 2. The summed E-state index contributed by atoms with van der Waals surface area (Å²) >= 11 is 6.04. The zero-order valence-electron chi connectivity index (χ0n) is 20.0. The first kappa shape index (κ1) is 24.0. The van der Waals surface area contributed by atoms with Crippen LogP contribution >= 0.6 is 11.6 Å². The molecular weight excluding hydrogens is 492 g/mol. The summed E-state index contributed by atoms with van der Waals surface area (Å²) in [5.74, 6) is -0.486. The zero-order valence-corrected chi connectivity index (χ0v) is 20.8. The molecule has 2 heterocycles. The lowest BCUT2D eigenvalue weighted by Crippen LogP contribution is -2.39. The summed E-state index contributed by atoms with van der Waals surface area (Å²) in [6.45, 7) is 3.65. The van der Waals surface area contributed by atoms with Crippen molar-refractivity contribution in [2.75, 3.05) is 0 Å². The predicted molar refractivity (Wildman–Crippen MR) is 143 cm³/mol. The first-order chi connectivity index (χ1) is 17.9. The molecule has 0 unspecified atom stereocenters.